The molecular weight excluding hydrogens is 271 g/mol. The summed E-state index contributed by atoms with van der Waals surface area (Å²) >= 11 is 0. The van der Waals surface area contributed by atoms with E-state index < -0.39 is 24.9 Å². The Bertz CT molecular complexity index is 410. The molecule has 1 aromatic rings. The Balaban J connectivity index is 0.00000162. The first-order valence-electron chi connectivity index (χ1n) is 5.02. The molecule has 18 heavy (non-hydrogen) atoms. The number of amides is 1. The lowest BCUT2D eigenvalue weighted by molar-refractivity contribution is -0.171. The molecule has 1 unspecified atom stereocenters. The molecule has 0 saturated carbocycles. The predicted molar refractivity (Wildman–Crippen MR) is 60.4 cm³/mol. The van der Waals surface area contributed by atoms with Gasteiger partial charge in [0.25, 0.3) is 0 Å². The molecule has 0 radical (unpaired) electrons. The molecule has 0 spiro atoms. The normalized spacial score (nSPS) is 19.4. The second-order valence-corrected chi connectivity index (χ2v) is 3.75. The Hall–Kier alpha value is -1.43. The number of hydrogen-bond donors (Lipinski definition) is 0. The number of benzene rings is 1. The summed E-state index contributed by atoms with van der Waals surface area (Å²) in [6.07, 6.45) is -5.38. The van der Waals surface area contributed by atoms with Gasteiger partial charge in [-0.2, -0.15) is 13.2 Å². The van der Waals surface area contributed by atoms with Crippen LogP contribution in [0.4, 0.5) is 18.0 Å². The van der Waals surface area contributed by atoms with E-state index >= 15 is 0 Å². The van der Waals surface area contributed by atoms with Crippen molar-refractivity contribution < 1.29 is 22.7 Å². The minimum absolute atomic E-state index is 0. The zero-order valence-electron chi connectivity index (χ0n) is 9.18. The molecule has 0 N–H and O–H groups in total. The summed E-state index contributed by atoms with van der Waals surface area (Å²) < 4.78 is 42.3. The average Bonchev–Trinajstić information content (AvgIpc) is 2.62. The highest BCUT2D eigenvalue weighted by Crippen LogP contribution is 2.30. The number of hydrogen-bond acceptors (Lipinski definition) is 2. The summed E-state index contributed by atoms with van der Waals surface area (Å²) in [5.41, 5.74) is 0.639. The van der Waals surface area contributed by atoms with Crippen molar-refractivity contribution in [3.63, 3.8) is 0 Å². The molecule has 100 valence electrons. The lowest BCUT2D eigenvalue weighted by Gasteiger charge is -2.23. The maximum absolute atomic E-state index is 12.6. The first kappa shape index (κ1) is 14.6. The summed E-state index contributed by atoms with van der Waals surface area (Å²) in [5, 5.41) is 0. The van der Waals surface area contributed by atoms with Crippen LogP contribution in [-0.4, -0.2) is 29.8 Å². The van der Waals surface area contributed by atoms with Gasteiger partial charge in [0, 0.05) is 6.54 Å². The van der Waals surface area contributed by atoms with Crippen molar-refractivity contribution in [2.24, 2.45) is 0 Å². The van der Waals surface area contributed by atoms with Gasteiger partial charge in [-0.05, 0) is 5.56 Å². The minimum Gasteiger partial charge on any atom is -0.447 e. The molecule has 7 heteroatoms. The molecule has 0 aliphatic carbocycles. The maximum Gasteiger partial charge on any atom is 0.412 e. The topological polar surface area (TPSA) is 29.5 Å². The Kier molecular flexibility index (Phi) is 4.45. The first-order valence-corrected chi connectivity index (χ1v) is 5.02. The van der Waals surface area contributed by atoms with Crippen molar-refractivity contribution in [1.29, 1.82) is 0 Å². The molecule has 1 aliphatic rings. The molecule has 1 heterocycles. The van der Waals surface area contributed by atoms with Crippen molar-refractivity contribution in [2.45, 2.75) is 18.8 Å². The average molecular weight is 282 g/mol. The number of carbonyl (C=O) groups excluding carboxylic acids is 1. The number of alkyl halides is 3. The van der Waals surface area contributed by atoms with E-state index in [9.17, 15) is 18.0 Å². The molecule has 3 nitrogen and oxygen atoms in total. The highest BCUT2D eigenvalue weighted by Gasteiger charge is 2.50. The number of halogens is 4. The third-order valence-corrected chi connectivity index (χ3v) is 2.55. The fourth-order valence-electron chi connectivity index (χ4n) is 1.68. The van der Waals surface area contributed by atoms with Crippen LogP contribution in [0, 0.1) is 0 Å². The van der Waals surface area contributed by atoms with E-state index in [1.165, 1.54) is 0 Å². The molecular formula is C11H11ClF3NO2. The monoisotopic (exact) mass is 281 g/mol. The molecule has 0 bridgehead atoms. The van der Waals surface area contributed by atoms with Gasteiger partial charge in [0.1, 0.15) is 6.61 Å². The van der Waals surface area contributed by atoms with Crippen molar-refractivity contribution in [3.8, 4) is 0 Å². The predicted octanol–water partition coefficient (Wildman–Crippen LogP) is 2.99. The molecule has 1 aromatic carbocycles. The van der Waals surface area contributed by atoms with E-state index in [1.54, 1.807) is 30.3 Å². The van der Waals surface area contributed by atoms with Crippen molar-refractivity contribution in [2.75, 3.05) is 6.61 Å². The Morgan fingerprint density at radius 2 is 1.89 bits per heavy atom. The minimum atomic E-state index is -4.46. The SMILES string of the molecule is Cl.O=C1OCC(C(F)(F)F)N1Cc1ccccc1. The summed E-state index contributed by atoms with van der Waals surface area (Å²) in [4.78, 5) is 11.9. The quantitative estimate of drug-likeness (QED) is 0.834. The second kappa shape index (κ2) is 5.48. The van der Waals surface area contributed by atoms with Crippen molar-refractivity contribution in [3.05, 3.63) is 35.9 Å². The molecule has 1 saturated heterocycles. The third-order valence-electron chi connectivity index (χ3n) is 2.55. The van der Waals surface area contributed by atoms with E-state index in [-0.39, 0.29) is 19.0 Å². The fraction of sp³-hybridized carbons (Fsp3) is 0.364. The molecule has 1 amide bonds. The van der Waals surface area contributed by atoms with E-state index in [1.807, 2.05) is 0 Å². The van der Waals surface area contributed by atoms with Crippen molar-refractivity contribution in [1.82, 2.24) is 4.90 Å². The third kappa shape index (κ3) is 3.07. The molecule has 1 aliphatic heterocycles. The van der Waals surface area contributed by atoms with E-state index in [2.05, 4.69) is 4.74 Å². The van der Waals surface area contributed by atoms with E-state index in [0.717, 1.165) is 0 Å². The second-order valence-electron chi connectivity index (χ2n) is 3.75. The number of rotatable bonds is 2. The van der Waals surface area contributed by atoms with Gasteiger partial charge in [-0.1, -0.05) is 30.3 Å². The van der Waals surface area contributed by atoms with Crippen LogP contribution < -0.4 is 0 Å². The van der Waals surface area contributed by atoms with Crippen LogP contribution in [0.3, 0.4) is 0 Å². The van der Waals surface area contributed by atoms with Gasteiger partial charge in [0.2, 0.25) is 0 Å². The highest BCUT2D eigenvalue weighted by molar-refractivity contribution is 5.85. The smallest absolute Gasteiger partial charge is 0.412 e. The van der Waals surface area contributed by atoms with Gasteiger partial charge in [0.05, 0.1) is 0 Å². The molecule has 0 aromatic heterocycles. The largest absolute Gasteiger partial charge is 0.447 e. The lowest BCUT2D eigenvalue weighted by Crippen LogP contribution is -2.43. The summed E-state index contributed by atoms with van der Waals surface area (Å²) in [5.74, 6) is 0. The number of ether oxygens (including phenoxy) is 1. The van der Waals surface area contributed by atoms with Crippen LogP contribution in [0.5, 0.6) is 0 Å². The molecule has 2 rings (SSSR count). The van der Waals surface area contributed by atoms with Gasteiger partial charge in [0.15, 0.2) is 6.04 Å². The standard InChI is InChI=1S/C11H10F3NO2.ClH/c12-11(13,14)9-7-17-10(16)15(9)6-8-4-2-1-3-5-8;/h1-5,9H,6-7H2;1H. The molecule has 1 fully saturated rings. The van der Waals surface area contributed by atoms with Gasteiger partial charge < -0.3 is 4.74 Å². The van der Waals surface area contributed by atoms with Crippen LogP contribution in [0.15, 0.2) is 30.3 Å². The van der Waals surface area contributed by atoms with Gasteiger partial charge in [-0.15, -0.1) is 12.4 Å². The zero-order chi connectivity index (χ0) is 12.5. The summed E-state index contributed by atoms with van der Waals surface area (Å²) in [6, 6.07) is 6.65. The Morgan fingerprint density at radius 3 is 2.44 bits per heavy atom. The summed E-state index contributed by atoms with van der Waals surface area (Å²) in [7, 11) is 0. The number of cyclic esters (lactones) is 1. The maximum atomic E-state index is 12.6. The van der Waals surface area contributed by atoms with Crippen LogP contribution in [0.1, 0.15) is 5.56 Å². The van der Waals surface area contributed by atoms with Crippen LogP contribution in [0.25, 0.3) is 0 Å². The van der Waals surface area contributed by atoms with Crippen LogP contribution in [0.2, 0.25) is 0 Å². The van der Waals surface area contributed by atoms with Crippen LogP contribution in [-0.2, 0) is 11.3 Å². The molecule has 1 atom stereocenters. The van der Waals surface area contributed by atoms with Crippen LogP contribution >= 0.6 is 12.4 Å². The number of nitrogens with zero attached hydrogens (tertiary/aromatic N) is 1. The summed E-state index contributed by atoms with van der Waals surface area (Å²) in [6.45, 7) is -0.723. The zero-order valence-corrected chi connectivity index (χ0v) is 10.0. The van der Waals surface area contributed by atoms with E-state index in [4.69, 9.17) is 0 Å². The van der Waals surface area contributed by atoms with Gasteiger partial charge >= 0.3 is 12.3 Å². The number of carbonyl (C=O) groups is 1. The Morgan fingerprint density at radius 1 is 1.28 bits per heavy atom. The van der Waals surface area contributed by atoms with Gasteiger partial charge in [-0.3, -0.25) is 4.90 Å². The lowest BCUT2D eigenvalue weighted by atomic mass is 10.2. The highest BCUT2D eigenvalue weighted by atomic mass is 35.5. The fourth-order valence-corrected chi connectivity index (χ4v) is 1.68. The van der Waals surface area contributed by atoms with E-state index in [0.29, 0.717) is 10.5 Å². The first-order chi connectivity index (χ1) is 7.98. The van der Waals surface area contributed by atoms with Crippen molar-refractivity contribution >= 4 is 18.5 Å². The Labute approximate surface area is 108 Å². The van der Waals surface area contributed by atoms with Gasteiger partial charge in [-0.25, -0.2) is 4.79 Å².